The molecule has 0 spiro atoms. The van der Waals surface area contributed by atoms with Crippen molar-refractivity contribution in [3.05, 3.63) is 76.5 Å². The summed E-state index contributed by atoms with van der Waals surface area (Å²) >= 11 is 1.32. The number of thiophene rings is 1. The van der Waals surface area contributed by atoms with Crippen LogP contribution in [0.1, 0.15) is 20.9 Å². The lowest BCUT2D eigenvalue weighted by atomic mass is 10.1. The van der Waals surface area contributed by atoms with E-state index in [0.717, 1.165) is 27.2 Å². The minimum atomic E-state index is -3.72. The van der Waals surface area contributed by atoms with Crippen molar-refractivity contribution in [2.45, 2.75) is 18.2 Å². The summed E-state index contributed by atoms with van der Waals surface area (Å²) in [6.45, 7) is 2.26. The second-order valence-corrected chi connectivity index (χ2v) is 9.59. The second-order valence-electron chi connectivity index (χ2n) is 7.00. The molecule has 4 aromatic rings. The fourth-order valence-electron chi connectivity index (χ4n) is 3.17. The lowest BCUT2D eigenvalue weighted by Gasteiger charge is -2.05. The number of benzene rings is 2. The molecule has 7 nitrogen and oxygen atoms in total. The number of carbonyl (C=O) groups excluding carboxylic acids is 1. The van der Waals surface area contributed by atoms with Gasteiger partial charge in [0, 0.05) is 11.9 Å². The Balaban J connectivity index is 1.46. The zero-order valence-electron chi connectivity index (χ0n) is 16.5. The third kappa shape index (κ3) is 4.50. The maximum atomic E-state index is 13.2. The molecule has 2 aromatic heterocycles. The molecule has 0 aliphatic carbocycles. The van der Waals surface area contributed by atoms with Crippen LogP contribution in [0.4, 0.5) is 4.39 Å². The molecule has 0 saturated heterocycles. The second kappa shape index (κ2) is 8.22. The first-order valence-electron chi connectivity index (χ1n) is 9.37. The Morgan fingerprint density at radius 1 is 1.16 bits per heavy atom. The van der Waals surface area contributed by atoms with E-state index in [1.54, 1.807) is 35.0 Å². The number of halogens is 1. The van der Waals surface area contributed by atoms with Crippen LogP contribution >= 0.6 is 11.3 Å². The first kappa shape index (κ1) is 21.2. The summed E-state index contributed by atoms with van der Waals surface area (Å²) in [4.78, 5) is 14.0. The van der Waals surface area contributed by atoms with Crippen LogP contribution in [0.2, 0.25) is 0 Å². The Labute approximate surface area is 182 Å². The topological polar surface area (TPSA) is 107 Å². The van der Waals surface area contributed by atoms with Gasteiger partial charge >= 0.3 is 0 Å². The van der Waals surface area contributed by atoms with Crippen LogP contribution in [-0.4, -0.2) is 30.7 Å². The largest absolute Gasteiger partial charge is 0.351 e. The molecule has 31 heavy (non-hydrogen) atoms. The predicted octanol–water partition coefficient (Wildman–Crippen LogP) is 3.15. The maximum Gasteiger partial charge on any atom is 0.261 e. The number of fused-ring (bicyclic) bond motifs is 1. The maximum absolute atomic E-state index is 13.2. The molecule has 4 rings (SSSR count). The van der Waals surface area contributed by atoms with E-state index in [9.17, 15) is 17.6 Å². The van der Waals surface area contributed by atoms with Gasteiger partial charge in [-0.3, -0.25) is 4.79 Å². The number of hydrogen-bond donors (Lipinski definition) is 2. The lowest BCUT2D eigenvalue weighted by Crippen LogP contribution is -2.24. The number of nitrogens with one attached hydrogen (secondary N) is 1. The van der Waals surface area contributed by atoms with Crippen molar-refractivity contribution in [1.29, 1.82) is 0 Å². The molecular formula is C21H19FN4O3S2. The van der Waals surface area contributed by atoms with Gasteiger partial charge in [-0.1, -0.05) is 12.1 Å². The van der Waals surface area contributed by atoms with E-state index >= 15 is 0 Å². The predicted molar refractivity (Wildman–Crippen MR) is 117 cm³/mol. The number of primary sulfonamides is 1. The molecule has 2 heterocycles. The van der Waals surface area contributed by atoms with Gasteiger partial charge in [0.25, 0.3) is 5.91 Å². The van der Waals surface area contributed by atoms with Crippen LogP contribution < -0.4 is 10.5 Å². The molecule has 3 N–H and O–H groups in total. The average molecular weight is 459 g/mol. The van der Waals surface area contributed by atoms with Gasteiger partial charge in [-0.25, -0.2) is 22.6 Å². The van der Waals surface area contributed by atoms with Gasteiger partial charge in [-0.15, -0.1) is 11.3 Å². The quantitative estimate of drug-likeness (QED) is 0.463. The van der Waals surface area contributed by atoms with Gasteiger partial charge in [0.2, 0.25) is 10.0 Å². The van der Waals surface area contributed by atoms with Crippen LogP contribution in [0.5, 0.6) is 0 Å². The van der Waals surface area contributed by atoms with E-state index in [2.05, 4.69) is 10.4 Å². The molecule has 0 aliphatic heterocycles. The Hall–Kier alpha value is -3.08. The van der Waals surface area contributed by atoms with Crippen LogP contribution in [0.15, 0.2) is 59.5 Å². The Kier molecular flexibility index (Phi) is 5.61. The molecule has 0 unspecified atom stereocenters. The molecule has 160 valence electrons. The average Bonchev–Trinajstić information content (AvgIpc) is 3.29. The van der Waals surface area contributed by atoms with Crippen LogP contribution in [-0.2, 0) is 16.4 Å². The van der Waals surface area contributed by atoms with E-state index in [1.165, 1.54) is 35.6 Å². The van der Waals surface area contributed by atoms with Crippen molar-refractivity contribution in [3.8, 4) is 5.69 Å². The van der Waals surface area contributed by atoms with Crippen molar-refractivity contribution in [3.63, 3.8) is 0 Å². The van der Waals surface area contributed by atoms with Crippen molar-refractivity contribution in [2.75, 3.05) is 6.54 Å². The molecule has 0 atom stereocenters. The summed E-state index contributed by atoms with van der Waals surface area (Å²) in [7, 11) is -3.72. The minimum Gasteiger partial charge on any atom is -0.351 e. The van der Waals surface area contributed by atoms with Gasteiger partial charge < -0.3 is 5.32 Å². The number of amides is 1. The third-order valence-corrected chi connectivity index (χ3v) is 6.83. The molecule has 1 amide bonds. The number of aromatic nitrogens is 2. The molecule has 10 heteroatoms. The van der Waals surface area contributed by atoms with Crippen molar-refractivity contribution in [1.82, 2.24) is 15.1 Å². The number of sulfonamides is 1. The van der Waals surface area contributed by atoms with E-state index in [0.29, 0.717) is 17.8 Å². The van der Waals surface area contributed by atoms with Gasteiger partial charge in [-0.05, 0) is 61.4 Å². The van der Waals surface area contributed by atoms with Crippen molar-refractivity contribution in [2.24, 2.45) is 5.14 Å². The minimum absolute atomic E-state index is 0.0520. The standard InChI is InChI=1S/C21H19FN4O3S2/c1-13-18-12-19(30-21(18)26(25-13)16-6-4-15(22)5-7-16)20(27)24-11-10-14-2-8-17(9-3-14)31(23,28)29/h2-9,12H,10-11H2,1H3,(H,24,27)(H2,23,28,29). The molecule has 0 saturated carbocycles. The first-order chi connectivity index (χ1) is 14.7. The number of nitrogens with two attached hydrogens (primary N) is 1. The fraction of sp³-hybridized carbons (Fsp3) is 0.143. The zero-order chi connectivity index (χ0) is 22.2. The number of carbonyl (C=O) groups is 1. The van der Waals surface area contributed by atoms with E-state index in [1.807, 2.05) is 6.92 Å². The smallest absolute Gasteiger partial charge is 0.261 e. The highest BCUT2D eigenvalue weighted by molar-refractivity contribution is 7.89. The number of rotatable bonds is 6. The molecule has 0 aliphatic rings. The zero-order valence-corrected chi connectivity index (χ0v) is 18.1. The van der Waals surface area contributed by atoms with Crippen LogP contribution in [0, 0.1) is 12.7 Å². The molecular weight excluding hydrogens is 439 g/mol. The summed E-state index contributed by atoms with van der Waals surface area (Å²) in [6, 6.07) is 14.1. The van der Waals surface area contributed by atoms with E-state index < -0.39 is 10.0 Å². The summed E-state index contributed by atoms with van der Waals surface area (Å²) in [5.74, 6) is -0.526. The molecule has 0 bridgehead atoms. The highest BCUT2D eigenvalue weighted by Crippen LogP contribution is 2.30. The lowest BCUT2D eigenvalue weighted by molar-refractivity contribution is 0.0958. The highest BCUT2D eigenvalue weighted by Gasteiger charge is 2.17. The Morgan fingerprint density at radius 2 is 1.84 bits per heavy atom. The summed E-state index contributed by atoms with van der Waals surface area (Å²) in [6.07, 6.45) is 0.546. The van der Waals surface area contributed by atoms with Gasteiger partial charge in [0.15, 0.2) is 0 Å². The van der Waals surface area contributed by atoms with Crippen molar-refractivity contribution < 1.29 is 17.6 Å². The van der Waals surface area contributed by atoms with Crippen molar-refractivity contribution >= 4 is 37.5 Å². The number of hydrogen-bond acceptors (Lipinski definition) is 5. The highest BCUT2D eigenvalue weighted by atomic mass is 32.2. The first-order valence-corrected chi connectivity index (χ1v) is 11.7. The van der Waals surface area contributed by atoms with Gasteiger partial charge in [0.05, 0.1) is 21.2 Å². The Bertz CT molecular complexity index is 1360. The van der Waals surface area contributed by atoms with E-state index in [4.69, 9.17) is 5.14 Å². The number of nitrogens with zero attached hydrogens (tertiary/aromatic N) is 2. The summed E-state index contributed by atoms with van der Waals surface area (Å²) < 4.78 is 37.6. The molecule has 2 aromatic carbocycles. The summed E-state index contributed by atoms with van der Waals surface area (Å²) in [5.41, 5.74) is 2.38. The fourth-order valence-corrected chi connectivity index (χ4v) is 4.78. The monoisotopic (exact) mass is 458 g/mol. The van der Waals surface area contributed by atoms with Gasteiger partial charge in [-0.2, -0.15) is 5.10 Å². The van der Waals surface area contributed by atoms with Gasteiger partial charge in [0.1, 0.15) is 10.6 Å². The Morgan fingerprint density at radius 3 is 2.48 bits per heavy atom. The molecule has 0 fully saturated rings. The number of aryl methyl sites for hydroxylation is 1. The van der Waals surface area contributed by atoms with E-state index in [-0.39, 0.29) is 16.6 Å². The van der Waals surface area contributed by atoms with Crippen LogP contribution in [0.3, 0.4) is 0 Å². The van der Waals surface area contributed by atoms with Crippen LogP contribution in [0.25, 0.3) is 15.9 Å². The SMILES string of the molecule is Cc1nn(-c2ccc(F)cc2)c2sc(C(=O)NCCc3ccc(S(N)(=O)=O)cc3)cc12. The third-order valence-electron chi connectivity index (χ3n) is 4.79. The summed E-state index contributed by atoms with van der Waals surface area (Å²) in [5, 5.41) is 13.3. The molecule has 0 radical (unpaired) electrons. The normalized spacial score (nSPS) is 11.7.